The zero-order valence-electron chi connectivity index (χ0n) is 17.7. The Balaban J connectivity index is 1.56. The van der Waals surface area contributed by atoms with Gasteiger partial charge in [0.15, 0.2) is 0 Å². The van der Waals surface area contributed by atoms with Crippen LogP contribution in [0.3, 0.4) is 0 Å². The molecule has 0 aliphatic rings. The molecule has 0 amide bonds. The Kier molecular flexibility index (Phi) is 5.30. The molecule has 0 aliphatic carbocycles. The fourth-order valence-corrected chi connectivity index (χ4v) is 3.60. The van der Waals surface area contributed by atoms with E-state index < -0.39 is 0 Å². The zero-order chi connectivity index (χ0) is 22.6. The first-order valence-electron chi connectivity index (χ1n) is 10.3. The molecule has 0 fully saturated rings. The van der Waals surface area contributed by atoms with E-state index in [1.54, 1.807) is 0 Å². The van der Waals surface area contributed by atoms with Gasteiger partial charge in [-0.15, -0.1) is 0 Å². The van der Waals surface area contributed by atoms with Crippen molar-refractivity contribution in [2.75, 3.05) is 27.4 Å². The van der Waals surface area contributed by atoms with Crippen LogP contribution in [0.15, 0.2) is 91.5 Å². The number of nitrogens with one attached hydrogen (secondary N) is 3. The minimum absolute atomic E-state index is 0.481. The largest absolute Gasteiger partial charge is 0.399 e. The Bertz CT molecular complexity index is 1420. The van der Waals surface area contributed by atoms with Crippen LogP contribution >= 0.6 is 0 Å². The highest BCUT2D eigenvalue weighted by molar-refractivity contribution is 6.00. The smallest absolute Gasteiger partial charge is 0.230 e. The molecule has 0 radical (unpaired) electrons. The van der Waals surface area contributed by atoms with Crippen LogP contribution in [0.5, 0.6) is 0 Å². The molecule has 0 bridgehead atoms. The van der Waals surface area contributed by atoms with Crippen molar-refractivity contribution < 1.29 is 0 Å². The van der Waals surface area contributed by atoms with Crippen molar-refractivity contribution >= 4 is 56.5 Å². The van der Waals surface area contributed by atoms with Gasteiger partial charge in [-0.25, -0.2) is 15.0 Å². The van der Waals surface area contributed by atoms with Crippen LogP contribution in [0.4, 0.5) is 45.8 Å². The minimum atomic E-state index is 0.481. The third-order valence-corrected chi connectivity index (χ3v) is 5.04. The molecule has 0 saturated heterocycles. The average molecular weight is 435 g/mol. The first-order valence-corrected chi connectivity index (χ1v) is 10.3. The topological polar surface area (TPSA) is 127 Å². The van der Waals surface area contributed by atoms with Crippen LogP contribution in [-0.2, 0) is 0 Å². The number of nitrogens with two attached hydrogens (primary N) is 2. The van der Waals surface area contributed by atoms with E-state index in [9.17, 15) is 0 Å². The maximum Gasteiger partial charge on any atom is 0.230 e. The molecule has 0 unspecified atom stereocenters. The summed E-state index contributed by atoms with van der Waals surface area (Å²) in [5.74, 6) is 0.481. The summed E-state index contributed by atoms with van der Waals surface area (Å²) in [7, 11) is 0. The number of anilines is 8. The number of hydrogen-bond donors (Lipinski definition) is 5. The Morgan fingerprint density at radius 2 is 1.24 bits per heavy atom. The molecule has 162 valence electrons. The molecule has 5 rings (SSSR count). The van der Waals surface area contributed by atoms with Gasteiger partial charge in [-0.05, 0) is 66.0 Å². The second-order valence-electron chi connectivity index (χ2n) is 7.55. The third kappa shape index (κ3) is 4.75. The molecule has 8 heteroatoms. The maximum atomic E-state index is 5.99. The summed E-state index contributed by atoms with van der Waals surface area (Å²) in [5, 5.41) is 12.2. The molecule has 0 spiro atoms. The van der Waals surface area contributed by atoms with Crippen molar-refractivity contribution in [1.29, 1.82) is 0 Å². The molecule has 1 heterocycles. The minimum Gasteiger partial charge on any atom is -0.399 e. The van der Waals surface area contributed by atoms with E-state index in [0.29, 0.717) is 17.3 Å². The lowest BCUT2D eigenvalue weighted by molar-refractivity contribution is 1.05. The quantitative estimate of drug-likeness (QED) is 0.224. The lowest BCUT2D eigenvalue weighted by Gasteiger charge is -2.16. The molecule has 0 saturated carbocycles. The van der Waals surface area contributed by atoms with E-state index >= 15 is 0 Å². The normalized spacial score (nSPS) is 10.7. The van der Waals surface area contributed by atoms with Gasteiger partial charge < -0.3 is 27.4 Å². The van der Waals surface area contributed by atoms with E-state index in [2.05, 4.69) is 49.1 Å². The van der Waals surface area contributed by atoms with Gasteiger partial charge in [-0.2, -0.15) is 0 Å². The summed E-state index contributed by atoms with van der Waals surface area (Å²) in [6, 6.07) is 25.6. The predicted molar refractivity (Wildman–Crippen MR) is 135 cm³/mol. The van der Waals surface area contributed by atoms with Crippen LogP contribution in [-0.4, -0.2) is 15.0 Å². The van der Waals surface area contributed by atoms with E-state index in [1.807, 2.05) is 60.7 Å². The van der Waals surface area contributed by atoms with Gasteiger partial charge in [-0.1, -0.05) is 18.2 Å². The molecular weight excluding hydrogens is 412 g/mol. The molecule has 33 heavy (non-hydrogen) atoms. The Hall–Kier alpha value is -4.85. The van der Waals surface area contributed by atoms with E-state index in [-0.39, 0.29) is 0 Å². The summed E-state index contributed by atoms with van der Waals surface area (Å²) in [4.78, 5) is 12.1. The number of benzene rings is 4. The van der Waals surface area contributed by atoms with Gasteiger partial charge in [0.2, 0.25) is 5.95 Å². The van der Waals surface area contributed by atoms with Gasteiger partial charge >= 0.3 is 0 Å². The lowest BCUT2D eigenvalue weighted by atomic mass is 10.1. The fourth-order valence-electron chi connectivity index (χ4n) is 3.60. The van der Waals surface area contributed by atoms with E-state index in [1.165, 1.54) is 12.7 Å². The van der Waals surface area contributed by atoms with Crippen molar-refractivity contribution in [2.45, 2.75) is 0 Å². The second-order valence-corrected chi connectivity index (χ2v) is 7.55. The number of fused-ring (bicyclic) bond motifs is 1. The zero-order valence-corrected chi connectivity index (χ0v) is 17.7. The summed E-state index contributed by atoms with van der Waals surface area (Å²) in [6.07, 6.45) is 2.91. The van der Waals surface area contributed by atoms with Crippen LogP contribution in [0, 0.1) is 0 Å². The Morgan fingerprint density at radius 1 is 0.576 bits per heavy atom. The van der Waals surface area contributed by atoms with Crippen molar-refractivity contribution in [2.24, 2.45) is 0 Å². The van der Waals surface area contributed by atoms with Crippen LogP contribution in [0.2, 0.25) is 0 Å². The monoisotopic (exact) mass is 434 g/mol. The molecule has 4 aromatic carbocycles. The third-order valence-electron chi connectivity index (χ3n) is 5.04. The Morgan fingerprint density at radius 3 is 1.94 bits per heavy atom. The standard InChI is InChI=1S/C25H22N8/c26-17-3-1-5-19(10-17)31-22-9-16-7-8-21(33-25-29-14-28-15-30-25)12-23(16)24(13-22)32-20-6-2-4-18(27)11-20/h1-15,31-32H,26-27H2,(H,28,29,30,33). The van der Waals surface area contributed by atoms with Gasteiger partial charge in [0, 0.05) is 45.2 Å². The highest BCUT2D eigenvalue weighted by Gasteiger charge is 2.08. The summed E-state index contributed by atoms with van der Waals surface area (Å²) in [5.41, 5.74) is 17.8. The number of nitrogens with zero attached hydrogens (tertiary/aromatic N) is 3. The number of hydrogen-bond acceptors (Lipinski definition) is 8. The van der Waals surface area contributed by atoms with Crippen molar-refractivity contribution in [3.8, 4) is 0 Å². The van der Waals surface area contributed by atoms with Crippen LogP contribution < -0.4 is 27.4 Å². The molecule has 8 nitrogen and oxygen atoms in total. The molecule has 5 aromatic rings. The van der Waals surface area contributed by atoms with Gasteiger partial charge in [0.1, 0.15) is 12.7 Å². The summed E-state index contributed by atoms with van der Waals surface area (Å²) >= 11 is 0. The SMILES string of the molecule is Nc1cccc(Nc2cc(Nc3cccc(N)c3)c3cc(Nc4ncncn4)ccc3c2)c1. The van der Waals surface area contributed by atoms with Crippen molar-refractivity contribution in [1.82, 2.24) is 15.0 Å². The molecule has 0 aliphatic heterocycles. The molecule has 7 N–H and O–H groups in total. The second kappa shape index (κ2) is 8.72. The maximum absolute atomic E-state index is 5.99. The van der Waals surface area contributed by atoms with Crippen LogP contribution in [0.25, 0.3) is 10.8 Å². The highest BCUT2D eigenvalue weighted by Crippen LogP contribution is 2.34. The van der Waals surface area contributed by atoms with Crippen molar-refractivity contribution in [3.63, 3.8) is 0 Å². The van der Waals surface area contributed by atoms with E-state index in [0.717, 1.165) is 39.2 Å². The summed E-state index contributed by atoms with van der Waals surface area (Å²) in [6.45, 7) is 0. The van der Waals surface area contributed by atoms with Gasteiger partial charge in [0.05, 0.1) is 0 Å². The molecule has 0 atom stereocenters. The molecule has 1 aromatic heterocycles. The summed E-state index contributed by atoms with van der Waals surface area (Å²) < 4.78 is 0. The predicted octanol–water partition coefficient (Wildman–Crippen LogP) is 5.42. The van der Waals surface area contributed by atoms with Gasteiger partial charge in [-0.3, -0.25) is 0 Å². The average Bonchev–Trinajstić information content (AvgIpc) is 2.80. The first kappa shape index (κ1) is 20.1. The first-order chi connectivity index (χ1) is 16.1. The van der Waals surface area contributed by atoms with Gasteiger partial charge in [0.25, 0.3) is 0 Å². The number of nitrogen functional groups attached to an aromatic ring is 2. The number of aromatic nitrogens is 3. The Labute approximate surface area is 190 Å². The van der Waals surface area contributed by atoms with Crippen LogP contribution in [0.1, 0.15) is 0 Å². The van der Waals surface area contributed by atoms with E-state index in [4.69, 9.17) is 11.5 Å². The molecular formula is C25H22N8. The fraction of sp³-hybridized carbons (Fsp3) is 0. The number of rotatable bonds is 6. The highest BCUT2D eigenvalue weighted by atomic mass is 15.1. The van der Waals surface area contributed by atoms with Crippen molar-refractivity contribution in [3.05, 3.63) is 91.5 Å². The lowest BCUT2D eigenvalue weighted by Crippen LogP contribution is -1.99.